The monoisotopic (exact) mass is 238 g/mol. The minimum absolute atomic E-state index is 0.115. The average molecular weight is 238 g/mol. The lowest BCUT2D eigenvalue weighted by atomic mass is 10.2. The summed E-state index contributed by atoms with van der Waals surface area (Å²) in [6.07, 6.45) is 4.04. The van der Waals surface area contributed by atoms with E-state index in [1.165, 1.54) is 0 Å². The summed E-state index contributed by atoms with van der Waals surface area (Å²) in [6, 6.07) is 4.17. The molecule has 0 saturated heterocycles. The molecule has 1 amide bonds. The molecule has 0 saturated carbocycles. The molecule has 0 aliphatic rings. The third-order valence-electron chi connectivity index (χ3n) is 2.50. The van der Waals surface area contributed by atoms with E-state index < -0.39 is 0 Å². The van der Waals surface area contributed by atoms with E-state index in [4.69, 9.17) is 4.42 Å². The molecule has 1 rings (SSSR count). The smallest absolute Gasteiger partial charge is 0.221 e. The van der Waals surface area contributed by atoms with Gasteiger partial charge in [0.1, 0.15) is 5.76 Å². The van der Waals surface area contributed by atoms with Crippen LogP contribution < -0.4 is 10.6 Å². The molecule has 0 aliphatic heterocycles. The maximum absolute atomic E-state index is 11.3. The van der Waals surface area contributed by atoms with Crippen LogP contribution in [0.4, 0.5) is 0 Å². The van der Waals surface area contributed by atoms with E-state index in [1.807, 2.05) is 19.1 Å². The van der Waals surface area contributed by atoms with Gasteiger partial charge in [0, 0.05) is 32.0 Å². The number of hydrogen-bond donors (Lipinski definition) is 2. The zero-order valence-corrected chi connectivity index (χ0v) is 10.7. The molecule has 0 bridgehead atoms. The van der Waals surface area contributed by atoms with E-state index >= 15 is 0 Å². The third-order valence-corrected chi connectivity index (χ3v) is 2.50. The molecular formula is C13H22N2O2. The van der Waals surface area contributed by atoms with Crippen molar-refractivity contribution >= 4 is 5.91 Å². The van der Waals surface area contributed by atoms with Gasteiger partial charge in [-0.25, -0.2) is 0 Å². The van der Waals surface area contributed by atoms with Gasteiger partial charge in [-0.05, 0) is 25.5 Å². The van der Waals surface area contributed by atoms with E-state index in [9.17, 15) is 4.79 Å². The maximum Gasteiger partial charge on any atom is 0.221 e. The molecule has 2 N–H and O–H groups in total. The standard InChI is InChI=1S/C13H22N2O2/c1-3-7-15-13(16)6-8-14-11(2)10-12-5-4-9-17-12/h4-5,9,11,14H,3,6-8,10H2,1-2H3,(H,15,16). The Balaban J connectivity index is 2.07. The Bertz CT molecular complexity index is 309. The van der Waals surface area contributed by atoms with Crippen molar-refractivity contribution in [1.29, 1.82) is 0 Å². The molecule has 0 spiro atoms. The predicted molar refractivity (Wildman–Crippen MR) is 67.8 cm³/mol. The lowest BCUT2D eigenvalue weighted by molar-refractivity contribution is -0.121. The van der Waals surface area contributed by atoms with E-state index in [0.717, 1.165) is 25.1 Å². The largest absolute Gasteiger partial charge is 0.469 e. The highest BCUT2D eigenvalue weighted by atomic mass is 16.3. The summed E-state index contributed by atoms with van der Waals surface area (Å²) in [6.45, 7) is 5.61. The number of rotatable bonds is 8. The summed E-state index contributed by atoms with van der Waals surface area (Å²) in [4.78, 5) is 11.3. The minimum Gasteiger partial charge on any atom is -0.469 e. The van der Waals surface area contributed by atoms with E-state index in [-0.39, 0.29) is 5.91 Å². The Labute approximate surface area is 103 Å². The minimum atomic E-state index is 0.115. The summed E-state index contributed by atoms with van der Waals surface area (Å²) in [5.74, 6) is 1.09. The van der Waals surface area contributed by atoms with Gasteiger partial charge in [0.05, 0.1) is 6.26 Å². The van der Waals surface area contributed by atoms with Crippen molar-refractivity contribution < 1.29 is 9.21 Å². The molecule has 17 heavy (non-hydrogen) atoms. The molecule has 96 valence electrons. The van der Waals surface area contributed by atoms with Crippen LogP contribution in [0.3, 0.4) is 0 Å². The SMILES string of the molecule is CCCNC(=O)CCNC(C)Cc1ccco1. The molecule has 1 atom stereocenters. The van der Waals surface area contributed by atoms with Crippen LogP contribution in [0.1, 0.15) is 32.4 Å². The highest BCUT2D eigenvalue weighted by molar-refractivity contribution is 5.75. The lowest BCUT2D eigenvalue weighted by Crippen LogP contribution is -2.33. The highest BCUT2D eigenvalue weighted by Gasteiger charge is 2.06. The Morgan fingerprint density at radius 2 is 2.29 bits per heavy atom. The van der Waals surface area contributed by atoms with Gasteiger partial charge in [-0.3, -0.25) is 4.79 Å². The first-order valence-corrected chi connectivity index (χ1v) is 6.24. The van der Waals surface area contributed by atoms with Gasteiger partial charge in [0.2, 0.25) is 5.91 Å². The van der Waals surface area contributed by atoms with Gasteiger partial charge >= 0.3 is 0 Å². The molecule has 0 radical (unpaired) electrons. The van der Waals surface area contributed by atoms with Crippen molar-refractivity contribution in [3.8, 4) is 0 Å². The first kappa shape index (κ1) is 13.8. The fourth-order valence-corrected chi connectivity index (χ4v) is 1.59. The number of carbonyl (C=O) groups excluding carboxylic acids is 1. The van der Waals surface area contributed by atoms with Crippen molar-refractivity contribution in [1.82, 2.24) is 10.6 Å². The Kier molecular flexibility index (Phi) is 6.40. The molecule has 1 aromatic rings. The topological polar surface area (TPSA) is 54.3 Å². The number of furan rings is 1. The highest BCUT2D eigenvalue weighted by Crippen LogP contribution is 2.03. The maximum atomic E-state index is 11.3. The fourth-order valence-electron chi connectivity index (χ4n) is 1.59. The van der Waals surface area contributed by atoms with Crippen LogP contribution >= 0.6 is 0 Å². The Hall–Kier alpha value is -1.29. The molecule has 1 unspecified atom stereocenters. The molecule has 4 heteroatoms. The number of amides is 1. The van der Waals surface area contributed by atoms with E-state index in [0.29, 0.717) is 19.0 Å². The van der Waals surface area contributed by atoms with Crippen LogP contribution in [0.2, 0.25) is 0 Å². The fraction of sp³-hybridized carbons (Fsp3) is 0.615. The summed E-state index contributed by atoms with van der Waals surface area (Å²) in [7, 11) is 0. The van der Waals surface area contributed by atoms with Crippen LogP contribution in [0.5, 0.6) is 0 Å². The molecule has 0 aromatic carbocycles. The molecule has 1 aromatic heterocycles. The van der Waals surface area contributed by atoms with Crippen molar-refractivity contribution in [2.75, 3.05) is 13.1 Å². The van der Waals surface area contributed by atoms with Gasteiger partial charge in [0.15, 0.2) is 0 Å². The Morgan fingerprint density at radius 3 is 2.94 bits per heavy atom. The third kappa shape index (κ3) is 6.12. The average Bonchev–Trinajstić information content (AvgIpc) is 2.79. The first-order valence-electron chi connectivity index (χ1n) is 6.24. The van der Waals surface area contributed by atoms with Crippen LogP contribution in [-0.2, 0) is 11.2 Å². The van der Waals surface area contributed by atoms with Gasteiger partial charge in [-0.1, -0.05) is 6.92 Å². The van der Waals surface area contributed by atoms with Crippen LogP contribution in [0, 0.1) is 0 Å². The summed E-state index contributed by atoms with van der Waals surface area (Å²) >= 11 is 0. The normalized spacial score (nSPS) is 12.4. The molecule has 0 fully saturated rings. The van der Waals surface area contributed by atoms with Crippen molar-refractivity contribution in [2.45, 2.75) is 39.2 Å². The number of nitrogens with one attached hydrogen (secondary N) is 2. The van der Waals surface area contributed by atoms with Crippen molar-refractivity contribution in [3.05, 3.63) is 24.2 Å². The zero-order valence-electron chi connectivity index (χ0n) is 10.7. The van der Waals surface area contributed by atoms with E-state index in [2.05, 4.69) is 17.6 Å². The molecular weight excluding hydrogens is 216 g/mol. The van der Waals surface area contributed by atoms with Crippen LogP contribution in [-0.4, -0.2) is 25.0 Å². The van der Waals surface area contributed by atoms with Gasteiger partial charge in [-0.15, -0.1) is 0 Å². The van der Waals surface area contributed by atoms with Crippen LogP contribution in [0.25, 0.3) is 0 Å². The number of hydrogen-bond acceptors (Lipinski definition) is 3. The summed E-state index contributed by atoms with van der Waals surface area (Å²) < 4.78 is 5.27. The van der Waals surface area contributed by atoms with Gasteiger partial charge in [-0.2, -0.15) is 0 Å². The lowest BCUT2D eigenvalue weighted by Gasteiger charge is -2.12. The predicted octanol–water partition coefficient (Wildman–Crippen LogP) is 1.72. The second-order valence-corrected chi connectivity index (χ2v) is 4.24. The zero-order chi connectivity index (χ0) is 12.5. The van der Waals surface area contributed by atoms with Crippen LogP contribution in [0.15, 0.2) is 22.8 Å². The number of carbonyl (C=O) groups is 1. The van der Waals surface area contributed by atoms with Gasteiger partial charge < -0.3 is 15.1 Å². The second-order valence-electron chi connectivity index (χ2n) is 4.24. The van der Waals surface area contributed by atoms with Crippen molar-refractivity contribution in [3.63, 3.8) is 0 Å². The summed E-state index contributed by atoms with van der Waals surface area (Å²) in [5.41, 5.74) is 0. The van der Waals surface area contributed by atoms with E-state index in [1.54, 1.807) is 6.26 Å². The molecule has 0 aliphatic carbocycles. The first-order chi connectivity index (χ1) is 8.22. The molecule has 1 heterocycles. The van der Waals surface area contributed by atoms with Gasteiger partial charge in [0.25, 0.3) is 0 Å². The second kappa shape index (κ2) is 7.90. The quantitative estimate of drug-likeness (QED) is 0.725. The van der Waals surface area contributed by atoms with Crippen molar-refractivity contribution in [2.24, 2.45) is 0 Å². The summed E-state index contributed by atoms with van der Waals surface area (Å²) in [5, 5.41) is 6.16. The Morgan fingerprint density at radius 1 is 1.47 bits per heavy atom. The molecule has 4 nitrogen and oxygen atoms in total.